The Morgan fingerprint density at radius 3 is 2.47 bits per heavy atom. The Balaban J connectivity index is 2.88. The number of carbonyl (C=O) groups is 1. The predicted octanol–water partition coefficient (Wildman–Crippen LogP) is 1.84. The van der Waals surface area contributed by atoms with Gasteiger partial charge in [-0.1, -0.05) is 11.3 Å². The van der Waals surface area contributed by atoms with Crippen LogP contribution in [0.1, 0.15) is 27.7 Å². The molecule has 0 bridgehead atoms. The zero-order valence-electron chi connectivity index (χ0n) is 9.24. The number of nitrogens with zero attached hydrogens (tertiary/aromatic N) is 2. The second-order valence-electron chi connectivity index (χ2n) is 4.42. The standard InChI is InChI=1S/C9H15N3O2S/c1-8(2,6(13)14)9(3,4)11-7-12-10-5-15-7/h5H,1-4H3,(H,11,12)(H,13,14). The average molecular weight is 229 g/mol. The lowest BCUT2D eigenvalue weighted by Gasteiger charge is -2.38. The van der Waals surface area contributed by atoms with Crippen LogP contribution in [0, 0.1) is 5.41 Å². The van der Waals surface area contributed by atoms with Crippen molar-refractivity contribution in [2.45, 2.75) is 33.2 Å². The highest BCUT2D eigenvalue weighted by molar-refractivity contribution is 7.13. The van der Waals surface area contributed by atoms with E-state index in [1.165, 1.54) is 11.3 Å². The van der Waals surface area contributed by atoms with E-state index in [0.29, 0.717) is 5.13 Å². The van der Waals surface area contributed by atoms with Gasteiger partial charge in [0.2, 0.25) is 5.13 Å². The first-order valence-electron chi connectivity index (χ1n) is 4.55. The molecule has 5 nitrogen and oxygen atoms in total. The molecule has 1 rings (SSSR count). The molecule has 0 saturated heterocycles. The van der Waals surface area contributed by atoms with Crippen LogP contribution in [0.15, 0.2) is 5.51 Å². The van der Waals surface area contributed by atoms with Crippen LogP contribution in [-0.2, 0) is 4.79 Å². The number of aromatic nitrogens is 2. The minimum atomic E-state index is -0.890. The van der Waals surface area contributed by atoms with Gasteiger partial charge in [0.1, 0.15) is 5.51 Å². The number of carboxylic acids is 1. The van der Waals surface area contributed by atoms with Gasteiger partial charge >= 0.3 is 5.97 Å². The van der Waals surface area contributed by atoms with Gasteiger partial charge < -0.3 is 10.4 Å². The highest BCUT2D eigenvalue weighted by Crippen LogP contribution is 2.34. The van der Waals surface area contributed by atoms with Gasteiger partial charge in [-0.25, -0.2) is 0 Å². The molecule has 0 aliphatic rings. The van der Waals surface area contributed by atoms with E-state index in [2.05, 4.69) is 15.5 Å². The molecule has 0 aliphatic carbocycles. The molecule has 1 aromatic heterocycles. The molecule has 15 heavy (non-hydrogen) atoms. The van der Waals surface area contributed by atoms with Crippen LogP contribution in [0.3, 0.4) is 0 Å². The van der Waals surface area contributed by atoms with E-state index in [-0.39, 0.29) is 0 Å². The Kier molecular flexibility index (Phi) is 2.99. The Morgan fingerprint density at radius 1 is 1.47 bits per heavy atom. The van der Waals surface area contributed by atoms with E-state index in [0.717, 1.165) is 0 Å². The molecule has 0 atom stereocenters. The van der Waals surface area contributed by atoms with Crippen molar-refractivity contribution in [3.8, 4) is 0 Å². The first kappa shape index (κ1) is 11.9. The van der Waals surface area contributed by atoms with Gasteiger partial charge in [0.25, 0.3) is 0 Å². The number of aliphatic carboxylic acids is 1. The molecule has 0 amide bonds. The Bertz CT molecular complexity index is 346. The van der Waals surface area contributed by atoms with Crippen LogP contribution < -0.4 is 5.32 Å². The molecule has 1 heterocycles. The zero-order chi connectivity index (χ0) is 11.7. The Morgan fingerprint density at radius 2 is 2.07 bits per heavy atom. The molecule has 84 valence electrons. The summed E-state index contributed by atoms with van der Waals surface area (Å²) >= 11 is 1.35. The largest absolute Gasteiger partial charge is 0.481 e. The van der Waals surface area contributed by atoms with Crippen LogP contribution >= 0.6 is 11.3 Å². The monoisotopic (exact) mass is 229 g/mol. The van der Waals surface area contributed by atoms with E-state index >= 15 is 0 Å². The molecule has 1 aromatic rings. The molecule has 0 aliphatic heterocycles. The lowest BCUT2D eigenvalue weighted by Crippen LogP contribution is -2.50. The van der Waals surface area contributed by atoms with Crippen LogP contribution in [0.2, 0.25) is 0 Å². The third kappa shape index (κ3) is 2.26. The van der Waals surface area contributed by atoms with Crippen LogP contribution in [-0.4, -0.2) is 26.8 Å². The number of hydrogen-bond acceptors (Lipinski definition) is 5. The van der Waals surface area contributed by atoms with Crippen molar-refractivity contribution < 1.29 is 9.90 Å². The quantitative estimate of drug-likeness (QED) is 0.824. The van der Waals surface area contributed by atoms with Crippen molar-refractivity contribution in [3.05, 3.63) is 5.51 Å². The fourth-order valence-corrected chi connectivity index (χ4v) is 1.52. The van der Waals surface area contributed by atoms with Crippen LogP contribution in [0.5, 0.6) is 0 Å². The number of nitrogens with one attached hydrogen (secondary N) is 1. The predicted molar refractivity (Wildman–Crippen MR) is 59.0 cm³/mol. The normalized spacial score (nSPS) is 12.5. The van der Waals surface area contributed by atoms with Gasteiger partial charge in [0.05, 0.1) is 5.41 Å². The third-order valence-electron chi connectivity index (χ3n) is 2.88. The van der Waals surface area contributed by atoms with Gasteiger partial charge in [-0.2, -0.15) is 0 Å². The van der Waals surface area contributed by atoms with Crippen LogP contribution in [0.25, 0.3) is 0 Å². The maximum absolute atomic E-state index is 11.1. The Labute approximate surface area is 92.5 Å². The van der Waals surface area contributed by atoms with Gasteiger partial charge in [-0.05, 0) is 27.7 Å². The smallest absolute Gasteiger partial charge is 0.311 e. The van der Waals surface area contributed by atoms with Gasteiger partial charge in [-0.3, -0.25) is 4.79 Å². The number of anilines is 1. The van der Waals surface area contributed by atoms with Gasteiger partial charge in [0, 0.05) is 5.54 Å². The van der Waals surface area contributed by atoms with Gasteiger partial charge in [-0.15, -0.1) is 10.2 Å². The van der Waals surface area contributed by atoms with Crippen molar-refractivity contribution in [2.75, 3.05) is 5.32 Å². The molecule has 6 heteroatoms. The topological polar surface area (TPSA) is 75.1 Å². The lowest BCUT2D eigenvalue weighted by molar-refractivity contribution is -0.149. The summed E-state index contributed by atoms with van der Waals surface area (Å²) in [6.07, 6.45) is 0. The second kappa shape index (κ2) is 3.77. The molecule has 0 spiro atoms. The fraction of sp³-hybridized carbons (Fsp3) is 0.667. The molecular formula is C9H15N3O2S. The van der Waals surface area contributed by atoms with E-state index in [9.17, 15) is 4.79 Å². The van der Waals surface area contributed by atoms with Crippen LogP contribution in [0.4, 0.5) is 5.13 Å². The molecule has 0 aromatic carbocycles. The van der Waals surface area contributed by atoms with Crippen molar-refractivity contribution >= 4 is 22.4 Å². The maximum atomic E-state index is 11.1. The molecule has 0 unspecified atom stereocenters. The maximum Gasteiger partial charge on any atom is 0.311 e. The zero-order valence-corrected chi connectivity index (χ0v) is 10.1. The molecular weight excluding hydrogens is 214 g/mol. The number of hydrogen-bond donors (Lipinski definition) is 2. The average Bonchev–Trinajstić information content (AvgIpc) is 2.55. The SMILES string of the molecule is CC(C)(Nc1nncs1)C(C)(C)C(=O)O. The summed E-state index contributed by atoms with van der Waals surface area (Å²) in [6.45, 7) is 7.04. The second-order valence-corrected chi connectivity index (χ2v) is 5.26. The highest BCUT2D eigenvalue weighted by atomic mass is 32.1. The van der Waals surface area contributed by atoms with E-state index in [1.807, 2.05) is 13.8 Å². The lowest BCUT2D eigenvalue weighted by atomic mass is 9.74. The van der Waals surface area contributed by atoms with E-state index in [4.69, 9.17) is 5.11 Å². The Hall–Kier alpha value is -1.17. The number of rotatable bonds is 4. The van der Waals surface area contributed by atoms with Crippen molar-refractivity contribution in [1.82, 2.24) is 10.2 Å². The summed E-state index contributed by atoms with van der Waals surface area (Å²) in [6, 6.07) is 0. The molecule has 0 radical (unpaired) electrons. The summed E-state index contributed by atoms with van der Waals surface area (Å²) < 4.78 is 0. The third-order valence-corrected chi connectivity index (χ3v) is 3.48. The van der Waals surface area contributed by atoms with E-state index < -0.39 is 16.9 Å². The van der Waals surface area contributed by atoms with E-state index in [1.54, 1.807) is 19.4 Å². The summed E-state index contributed by atoms with van der Waals surface area (Å²) in [5.74, 6) is -0.843. The van der Waals surface area contributed by atoms with Crippen molar-refractivity contribution in [1.29, 1.82) is 0 Å². The highest BCUT2D eigenvalue weighted by Gasteiger charge is 2.43. The molecule has 2 N–H and O–H groups in total. The minimum absolute atomic E-state index is 0.599. The number of carboxylic acid groups (broad SMARTS) is 1. The fourth-order valence-electron chi connectivity index (χ4n) is 0.918. The van der Waals surface area contributed by atoms with Crippen molar-refractivity contribution in [2.24, 2.45) is 5.41 Å². The summed E-state index contributed by atoms with van der Waals surface area (Å²) in [5.41, 5.74) is 0.114. The molecule has 0 saturated carbocycles. The molecule has 0 fully saturated rings. The summed E-state index contributed by atoms with van der Waals surface area (Å²) in [7, 11) is 0. The first-order chi connectivity index (χ1) is 6.77. The van der Waals surface area contributed by atoms with Gasteiger partial charge in [0.15, 0.2) is 0 Å². The summed E-state index contributed by atoms with van der Waals surface area (Å²) in [4.78, 5) is 11.1. The first-order valence-corrected chi connectivity index (χ1v) is 5.43. The van der Waals surface area contributed by atoms with Crippen molar-refractivity contribution in [3.63, 3.8) is 0 Å². The minimum Gasteiger partial charge on any atom is -0.481 e. The summed E-state index contributed by atoms with van der Waals surface area (Å²) in [5, 5.41) is 20.4.